The molecule has 2 aromatic carbocycles. The maximum atomic E-state index is 11.4. The van der Waals surface area contributed by atoms with E-state index in [1.807, 2.05) is 0 Å². The first kappa shape index (κ1) is 41.6. The van der Waals surface area contributed by atoms with Gasteiger partial charge in [-0.25, -0.2) is 0 Å². The number of phenols is 2. The molecule has 0 aromatic heterocycles. The minimum absolute atomic E-state index is 0.129. The summed E-state index contributed by atoms with van der Waals surface area (Å²) in [4.78, 5) is 0. The molecule has 0 radical (unpaired) electrons. The summed E-state index contributed by atoms with van der Waals surface area (Å²) in [6, 6.07) is 8.81. The third-order valence-electron chi connectivity index (χ3n) is 13.1. The first-order valence-electron chi connectivity index (χ1n) is 19.9. The molecule has 6 heteroatoms. The van der Waals surface area contributed by atoms with Crippen LogP contribution in [0.25, 0.3) is 0 Å². The van der Waals surface area contributed by atoms with E-state index in [1.165, 1.54) is 11.1 Å². The summed E-state index contributed by atoms with van der Waals surface area (Å²) < 4.78 is 25.7. The minimum Gasteiger partial charge on any atom is -0.507 e. The fourth-order valence-electron chi connectivity index (χ4n) is 7.42. The Kier molecular flexibility index (Phi) is 12.8. The van der Waals surface area contributed by atoms with Crippen molar-refractivity contribution in [2.45, 2.75) is 170 Å². The van der Waals surface area contributed by atoms with Crippen molar-refractivity contribution in [2.24, 2.45) is 17.3 Å². The van der Waals surface area contributed by atoms with E-state index in [0.717, 1.165) is 60.8 Å². The molecule has 0 saturated carbocycles. The Morgan fingerprint density at radius 3 is 0.980 bits per heavy atom. The van der Waals surface area contributed by atoms with Gasteiger partial charge in [-0.05, 0) is 71.3 Å². The van der Waals surface area contributed by atoms with Gasteiger partial charge in [0.2, 0.25) is 0 Å². The number of hydrogen-bond acceptors (Lipinski definition) is 6. The summed E-state index contributed by atoms with van der Waals surface area (Å²) >= 11 is 0. The third-order valence-corrected chi connectivity index (χ3v) is 13.1. The SMILES string of the molecule is CCC(C)(C)c1cc(CC(C)C2OCC3(CO2)COC(C(C)Cc2cc(C(C)(C)CC)c(O)c(C(C)(C)CC)c2)OC3)cc(C(C)(C)CC)c1O. The molecule has 2 N–H and O–H groups in total. The molecule has 1 spiro atoms. The van der Waals surface area contributed by atoms with Gasteiger partial charge >= 0.3 is 0 Å². The van der Waals surface area contributed by atoms with Gasteiger partial charge in [-0.15, -0.1) is 0 Å². The number of hydrogen-bond donors (Lipinski definition) is 2. The highest BCUT2D eigenvalue weighted by Crippen LogP contribution is 2.45. The lowest BCUT2D eigenvalue weighted by Crippen LogP contribution is -2.54. The number of ether oxygens (including phenoxy) is 4. The molecule has 2 aromatic rings. The van der Waals surface area contributed by atoms with Gasteiger partial charge in [0.15, 0.2) is 12.6 Å². The van der Waals surface area contributed by atoms with Crippen LogP contribution in [0.2, 0.25) is 0 Å². The number of phenolic OH excluding ortho intramolecular Hbond substituents is 2. The van der Waals surface area contributed by atoms with Crippen LogP contribution in [0.4, 0.5) is 0 Å². The van der Waals surface area contributed by atoms with Crippen LogP contribution in [0.3, 0.4) is 0 Å². The van der Waals surface area contributed by atoms with Crippen LogP contribution in [0.5, 0.6) is 11.5 Å². The van der Waals surface area contributed by atoms with E-state index in [-0.39, 0.29) is 51.5 Å². The van der Waals surface area contributed by atoms with Crippen LogP contribution in [-0.4, -0.2) is 49.2 Å². The van der Waals surface area contributed by atoms with E-state index in [0.29, 0.717) is 37.9 Å². The largest absolute Gasteiger partial charge is 0.507 e. The molecule has 2 fully saturated rings. The molecule has 51 heavy (non-hydrogen) atoms. The molecule has 0 aliphatic carbocycles. The predicted octanol–water partition coefficient (Wildman–Crippen LogP) is 10.6. The molecule has 2 atom stereocenters. The van der Waals surface area contributed by atoms with Gasteiger partial charge in [-0.2, -0.15) is 0 Å². The maximum Gasteiger partial charge on any atom is 0.160 e. The highest BCUT2D eigenvalue weighted by atomic mass is 16.7. The molecular weight excluding hydrogens is 636 g/mol. The summed E-state index contributed by atoms with van der Waals surface area (Å²) in [5, 5.41) is 22.8. The Hall–Kier alpha value is -2.12. The van der Waals surface area contributed by atoms with Crippen molar-refractivity contribution in [1.29, 1.82) is 0 Å². The Bertz CT molecular complexity index is 1280. The van der Waals surface area contributed by atoms with Crippen LogP contribution < -0.4 is 0 Å². The van der Waals surface area contributed by atoms with Gasteiger partial charge in [0.25, 0.3) is 0 Å². The van der Waals surface area contributed by atoms with Crippen LogP contribution in [0, 0.1) is 17.3 Å². The first-order chi connectivity index (χ1) is 23.7. The molecule has 2 heterocycles. The molecule has 2 saturated heterocycles. The lowest BCUT2D eigenvalue weighted by molar-refractivity contribution is -0.317. The predicted molar refractivity (Wildman–Crippen MR) is 209 cm³/mol. The zero-order chi connectivity index (χ0) is 38.2. The highest BCUT2D eigenvalue weighted by Gasteiger charge is 2.44. The monoisotopic (exact) mass is 709 g/mol. The molecule has 288 valence electrons. The molecule has 0 bridgehead atoms. The molecule has 4 rings (SSSR count). The highest BCUT2D eigenvalue weighted by molar-refractivity contribution is 5.51. The van der Waals surface area contributed by atoms with Crippen LogP contribution in [0.15, 0.2) is 24.3 Å². The second-order valence-corrected chi connectivity index (χ2v) is 18.9. The van der Waals surface area contributed by atoms with E-state index >= 15 is 0 Å². The standard InChI is InChI=1S/C45H72O6/c1-15-41(7,8)33-21-31(22-34(37(33)46)42(9,10)16-2)19-29(5)39-48-25-45(26-49-39)27-50-40(51-28-45)30(6)20-32-23-35(43(11,12)17-3)38(47)36(24-32)44(13,14)18-4/h21-24,29-30,39-40,46-47H,15-20,25-28H2,1-14H3. The van der Waals surface area contributed by atoms with Crippen molar-refractivity contribution >= 4 is 0 Å². The molecular formula is C45H72O6. The first-order valence-corrected chi connectivity index (χ1v) is 19.9. The van der Waals surface area contributed by atoms with Gasteiger partial charge in [-0.1, -0.05) is 121 Å². The third kappa shape index (κ3) is 8.99. The number of benzene rings is 2. The van der Waals surface area contributed by atoms with Crippen molar-refractivity contribution in [2.75, 3.05) is 26.4 Å². The molecule has 6 nitrogen and oxygen atoms in total. The van der Waals surface area contributed by atoms with Crippen molar-refractivity contribution in [1.82, 2.24) is 0 Å². The fraction of sp³-hybridized carbons (Fsp3) is 0.733. The summed E-state index contributed by atoms with van der Waals surface area (Å²) in [7, 11) is 0. The molecule has 2 unspecified atom stereocenters. The minimum atomic E-state index is -0.323. The zero-order valence-electron chi connectivity index (χ0n) is 34.7. The lowest BCUT2D eigenvalue weighted by atomic mass is 9.74. The van der Waals surface area contributed by atoms with Crippen LogP contribution in [0.1, 0.15) is 156 Å². The Labute approximate surface area is 311 Å². The van der Waals surface area contributed by atoms with Gasteiger partial charge in [-0.3, -0.25) is 0 Å². The summed E-state index contributed by atoms with van der Waals surface area (Å²) in [5.74, 6) is 1.16. The van der Waals surface area contributed by atoms with E-state index in [1.54, 1.807) is 0 Å². The Morgan fingerprint density at radius 1 is 0.529 bits per heavy atom. The van der Waals surface area contributed by atoms with E-state index in [4.69, 9.17) is 18.9 Å². The van der Waals surface area contributed by atoms with Crippen LogP contribution in [-0.2, 0) is 53.4 Å². The second-order valence-electron chi connectivity index (χ2n) is 18.9. The van der Waals surface area contributed by atoms with Crippen molar-refractivity contribution in [3.63, 3.8) is 0 Å². The summed E-state index contributed by atoms with van der Waals surface area (Å²) in [6.45, 7) is 33.0. The van der Waals surface area contributed by atoms with Crippen molar-refractivity contribution < 1.29 is 29.2 Å². The van der Waals surface area contributed by atoms with Crippen LogP contribution >= 0.6 is 0 Å². The average Bonchev–Trinajstić information content (AvgIpc) is 3.09. The Balaban J connectivity index is 1.40. The second kappa shape index (κ2) is 15.7. The normalized spacial score (nSPS) is 23.4. The summed E-state index contributed by atoms with van der Waals surface area (Å²) in [5.41, 5.74) is 5.69. The van der Waals surface area contributed by atoms with Gasteiger partial charge in [0.1, 0.15) is 11.5 Å². The van der Waals surface area contributed by atoms with Gasteiger partial charge in [0.05, 0.1) is 31.8 Å². The quantitative estimate of drug-likeness (QED) is 0.203. The van der Waals surface area contributed by atoms with Crippen molar-refractivity contribution in [3.05, 3.63) is 57.6 Å². The average molecular weight is 709 g/mol. The number of aromatic hydroxyl groups is 2. The van der Waals surface area contributed by atoms with Gasteiger partial charge in [0, 0.05) is 34.1 Å². The molecule has 0 amide bonds. The summed E-state index contributed by atoms with van der Waals surface area (Å²) in [6.07, 6.45) is 4.75. The topological polar surface area (TPSA) is 77.4 Å². The lowest BCUT2D eigenvalue weighted by Gasteiger charge is -2.45. The number of rotatable bonds is 14. The van der Waals surface area contributed by atoms with Gasteiger partial charge < -0.3 is 29.2 Å². The van der Waals surface area contributed by atoms with E-state index in [9.17, 15) is 10.2 Å². The fourth-order valence-corrected chi connectivity index (χ4v) is 7.42. The smallest absolute Gasteiger partial charge is 0.160 e. The molecule has 2 aliphatic heterocycles. The van der Waals surface area contributed by atoms with E-state index in [2.05, 4.69) is 121 Å². The van der Waals surface area contributed by atoms with Crippen molar-refractivity contribution in [3.8, 4) is 11.5 Å². The molecule has 2 aliphatic rings. The maximum absolute atomic E-state index is 11.4. The Morgan fingerprint density at radius 2 is 0.765 bits per heavy atom. The van der Waals surface area contributed by atoms with E-state index < -0.39 is 0 Å². The zero-order valence-corrected chi connectivity index (χ0v) is 34.7.